The van der Waals surface area contributed by atoms with E-state index in [-0.39, 0.29) is 30.6 Å². The second kappa shape index (κ2) is 6.22. The molecule has 1 N–H and O–H groups in total. The summed E-state index contributed by atoms with van der Waals surface area (Å²) in [6.07, 6.45) is 0. The zero-order valence-electron chi connectivity index (χ0n) is 8.54. The number of hydrogen-bond donors (Lipinski definition) is 1. The highest BCUT2D eigenvalue weighted by molar-refractivity contribution is 8.00. The highest BCUT2D eigenvalue weighted by Gasteiger charge is 2.27. The molecule has 0 heterocycles. The molecule has 0 fully saturated rings. The fourth-order valence-corrected chi connectivity index (χ4v) is 1.59. The van der Waals surface area contributed by atoms with Gasteiger partial charge in [0.2, 0.25) is 0 Å². The van der Waals surface area contributed by atoms with Crippen molar-refractivity contribution in [3.05, 3.63) is 0 Å². The highest BCUT2D eigenvalue weighted by Crippen LogP contribution is 2.29. The largest absolute Gasteiger partial charge is 0.481 e. The quantitative estimate of drug-likeness (QED) is 0.775. The first-order valence-electron chi connectivity index (χ1n) is 4.34. The van der Waals surface area contributed by atoms with E-state index in [0.29, 0.717) is 0 Å². The van der Waals surface area contributed by atoms with Gasteiger partial charge >= 0.3 is 11.5 Å². The van der Waals surface area contributed by atoms with Crippen LogP contribution in [0.4, 0.5) is 13.2 Å². The van der Waals surface area contributed by atoms with Crippen LogP contribution in [-0.4, -0.2) is 47.4 Å². The van der Waals surface area contributed by atoms with E-state index in [1.807, 2.05) is 0 Å². The van der Waals surface area contributed by atoms with Gasteiger partial charge in [0.1, 0.15) is 0 Å². The Morgan fingerprint density at radius 2 is 2.07 bits per heavy atom. The summed E-state index contributed by atoms with van der Waals surface area (Å²) in [4.78, 5) is 12.0. The zero-order valence-corrected chi connectivity index (χ0v) is 9.36. The topological polar surface area (TPSA) is 40.5 Å². The van der Waals surface area contributed by atoms with Gasteiger partial charge in [0, 0.05) is 18.8 Å². The highest BCUT2D eigenvalue weighted by atomic mass is 32.2. The van der Waals surface area contributed by atoms with Gasteiger partial charge in [-0.2, -0.15) is 13.2 Å². The average Bonchev–Trinajstić information content (AvgIpc) is 2.01. The Kier molecular flexibility index (Phi) is 6.04. The van der Waals surface area contributed by atoms with Crippen molar-refractivity contribution in [1.82, 2.24) is 4.90 Å². The van der Waals surface area contributed by atoms with Gasteiger partial charge in [0.05, 0.1) is 5.92 Å². The van der Waals surface area contributed by atoms with Crippen molar-refractivity contribution >= 4 is 17.7 Å². The molecule has 3 nitrogen and oxygen atoms in total. The zero-order chi connectivity index (χ0) is 12.1. The molecule has 0 aliphatic carbocycles. The number of alkyl halides is 3. The van der Waals surface area contributed by atoms with Gasteiger partial charge in [-0.1, -0.05) is 6.92 Å². The summed E-state index contributed by atoms with van der Waals surface area (Å²) in [5, 5.41) is 8.57. The molecule has 7 heteroatoms. The fourth-order valence-electron chi connectivity index (χ4n) is 0.954. The van der Waals surface area contributed by atoms with E-state index >= 15 is 0 Å². The SMILES string of the molecule is CC(CN(C)CCSC(F)(F)F)C(=O)O. The van der Waals surface area contributed by atoms with Crippen molar-refractivity contribution < 1.29 is 23.1 Å². The lowest BCUT2D eigenvalue weighted by Crippen LogP contribution is -2.30. The van der Waals surface area contributed by atoms with E-state index in [1.54, 1.807) is 11.9 Å². The molecule has 0 saturated carbocycles. The number of rotatable bonds is 6. The molecule has 0 saturated heterocycles. The number of hydrogen-bond acceptors (Lipinski definition) is 3. The van der Waals surface area contributed by atoms with E-state index in [0.717, 1.165) is 0 Å². The first-order chi connectivity index (χ1) is 6.72. The smallest absolute Gasteiger partial charge is 0.441 e. The molecular formula is C8H14F3NO2S. The summed E-state index contributed by atoms with van der Waals surface area (Å²) in [7, 11) is 1.61. The summed E-state index contributed by atoms with van der Waals surface area (Å²) < 4.78 is 35.2. The Hall–Kier alpha value is -0.430. The molecule has 0 aliphatic heterocycles. The summed E-state index contributed by atoms with van der Waals surface area (Å²) in [5.74, 6) is -1.58. The minimum atomic E-state index is -4.21. The van der Waals surface area contributed by atoms with Gasteiger partial charge in [-0.05, 0) is 18.8 Å². The molecule has 15 heavy (non-hydrogen) atoms. The number of carboxylic acids is 1. The van der Waals surface area contributed by atoms with Crippen molar-refractivity contribution in [2.24, 2.45) is 5.92 Å². The molecule has 0 aromatic heterocycles. The number of nitrogens with zero attached hydrogens (tertiary/aromatic N) is 1. The Balaban J connectivity index is 3.67. The third-order valence-electron chi connectivity index (χ3n) is 1.75. The number of carboxylic acid groups (broad SMARTS) is 1. The van der Waals surface area contributed by atoms with Crippen LogP contribution in [0, 0.1) is 5.92 Å². The molecule has 0 aromatic carbocycles. The van der Waals surface area contributed by atoms with Gasteiger partial charge < -0.3 is 10.0 Å². The van der Waals surface area contributed by atoms with Gasteiger partial charge in [0.25, 0.3) is 0 Å². The molecule has 0 bridgehead atoms. The second-order valence-corrected chi connectivity index (χ2v) is 4.46. The van der Waals surface area contributed by atoms with Crippen molar-refractivity contribution in [3.8, 4) is 0 Å². The number of aliphatic carboxylic acids is 1. The molecule has 0 rings (SSSR count). The van der Waals surface area contributed by atoms with Gasteiger partial charge in [-0.25, -0.2) is 0 Å². The molecular weight excluding hydrogens is 231 g/mol. The van der Waals surface area contributed by atoms with Crippen molar-refractivity contribution in [3.63, 3.8) is 0 Å². The first kappa shape index (κ1) is 14.6. The molecule has 0 aliphatic rings. The van der Waals surface area contributed by atoms with E-state index in [1.165, 1.54) is 6.92 Å². The summed E-state index contributed by atoms with van der Waals surface area (Å²) in [6, 6.07) is 0. The van der Waals surface area contributed by atoms with Crippen LogP contribution in [0.2, 0.25) is 0 Å². The Morgan fingerprint density at radius 3 is 2.47 bits per heavy atom. The predicted octanol–water partition coefficient (Wildman–Crippen LogP) is 1.89. The second-order valence-electron chi connectivity index (χ2n) is 3.30. The van der Waals surface area contributed by atoms with Crippen LogP contribution >= 0.6 is 11.8 Å². The molecule has 0 spiro atoms. The van der Waals surface area contributed by atoms with Crippen LogP contribution < -0.4 is 0 Å². The van der Waals surface area contributed by atoms with Crippen LogP contribution in [0.25, 0.3) is 0 Å². The minimum Gasteiger partial charge on any atom is -0.481 e. The fraction of sp³-hybridized carbons (Fsp3) is 0.875. The maximum Gasteiger partial charge on any atom is 0.441 e. The van der Waals surface area contributed by atoms with E-state index < -0.39 is 17.4 Å². The molecule has 1 atom stereocenters. The maximum absolute atomic E-state index is 11.7. The van der Waals surface area contributed by atoms with Gasteiger partial charge in [-0.3, -0.25) is 4.79 Å². The maximum atomic E-state index is 11.7. The van der Waals surface area contributed by atoms with E-state index in [9.17, 15) is 18.0 Å². The summed E-state index contributed by atoms with van der Waals surface area (Å²) in [5.41, 5.74) is -4.21. The summed E-state index contributed by atoms with van der Waals surface area (Å²) >= 11 is -0.0917. The number of halogens is 3. The molecule has 1 unspecified atom stereocenters. The Bertz CT molecular complexity index is 211. The van der Waals surface area contributed by atoms with Crippen LogP contribution in [0.15, 0.2) is 0 Å². The Labute approximate surface area is 90.6 Å². The predicted molar refractivity (Wildman–Crippen MR) is 52.8 cm³/mol. The minimum absolute atomic E-state index is 0.0770. The Morgan fingerprint density at radius 1 is 1.53 bits per heavy atom. The third kappa shape index (κ3) is 8.56. The molecule has 0 aromatic rings. The lowest BCUT2D eigenvalue weighted by atomic mass is 10.2. The van der Waals surface area contributed by atoms with Crippen LogP contribution in [-0.2, 0) is 4.79 Å². The monoisotopic (exact) mass is 245 g/mol. The summed E-state index contributed by atoms with van der Waals surface area (Å²) in [6.45, 7) is 2.01. The van der Waals surface area contributed by atoms with Crippen LogP contribution in [0.3, 0.4) is 0 Å². The van der Waals surface area contributed by atoms with Crippen molar-refractivity contribution in [2.75, 3.05) is 25.9 Å². The standard InChI is InChI=1S/C8H14F3NO2S/c1-6(7(13)14)5-12(2)3-4-15-8(9,10)11/h6H,3-5H2,1-2H3,(H,13,14). The van der Waals surface area contributed by atoms with Crippen molar-refractivity contribution in [1.29, 1.82) is 0 Å². The van der Waals surface area contributed by atoms with Crippen LogP contribution in [0.1, 0.15) is 6.92 Å². The van der Waals surface area contributed by atoms with E-state index in [4.69, 9.17) is 5.11 Å². The normalized spacial score (nSPS) is 14.3. The number of carbonyl (C=O) groups is 1. The third-order valence-corrected chi connectivity index (χ3v) is 2.46. The van der Waals surface area contributed by atoms with Crippen molar-refractivity contribution in [2.45, 2.75) is 12.4 Å². The van der Waals surface area contributed by atoms with Crippen LogP contribution in [0.5, 0.6) is 0 Å². The molecule has 0 radical (unpaired) electrons. The van der Waals surface area contributed by atoms with Gasteiger partial charge in [0.15, 0.2) is 0 Å². The number of thioether (sulfide) groups is 1. The lowest BCUT2D eigenvalue weighted by Gasteiger charge is -2.18. The average molecular weight is 245 g/mol. The molecule has 0 amide bonds. The molecule has 90 valence electrons. The lowest BCUT2D eigenvalue weighted by molar-refractivity contribution is -0.141. The van der Waals surface area contributed by atoms with E-state index in [2.05, 4.69) is 0 Å². The van der Waals surface area contributed by atoms with Gasteiger partial charge in [-0.15, -0.1) is 0 Å². The first-order valence-corrected chi connectivity index (χ1v) is 5.33.